The number of furan rings is 1. The molecule has 0 aliphatic heterocycles. The van der Waals surface area contributed by atoms with Crippen LogP contribution in [0.1, 0.15) is 18.7 Å². The van der Waals surface area contributed by atoms with Crippen molar-refractivity contribution < 1.29 is 18.3 Å². The highest BCUT2D eigenvalue weighted by atomic mass is 19.1. The van der Waals surface area contributed by atoms with Gasteiger partial charge in [0, 0.05) is 11.5 Å². The molecule has 5 heteroatoms. The van der Waals surface area contributed by atoms with Crippen LogP contribution in [-0.4, -0.2) is 12.5 Å². The van der Waals surface area contributed by atoms with Gasteiger partial charge in [-0.25, -0.2) is 4.39 Å². The number of nitrogens with one attached hydrogen (secondary N) is 1. The average molecular weight is 313 g/mol. The number of fused-ring (bicyclic) bond motifs is 1. The molecule has 1 heterocycles. The van der Waals surface area contributed by atoms with Gasteiger partial charge in [-0.05, 0) is 31.2 Å². The van der Waals surface area contributed by atoms with Crippen molar-refractivity contribution in [1.82, 2.24) is 5.32 Å². The Morgan fingerprint density at radius 3 is 2.83 bits per heavy atom. The van der Waals surface area contributed by atoms with E-state index in [1.54, 1.807) is 6.07 Å². The summed E-state index contributed by atoms with van der Waals surface area (Å²) < 4.78 is 24.0. The zero-order chi connectivity index (χ0) is 16.2. The molecule has 0 aliphatic rings. The van der Waals surface area contributed by atoms with Crippen LogP contribution in [0, 0.1) is 5.82 Å². The van der Waals surface area contributed by atoms with Crippen molar-refractivity contribution in [3.05, 3.63) is 66.2 Å². The lowest BCUT2D eigenvalue weighted by Crippen LogP contribution is -2.31. The van der Waals surface area contributed by atoms with Crippen LogP contribution in [0.5, 0.6) is 5.75 Å². The van der Waals surface area contributed by atoms with Crippen molar-refractivity contribution in [1.29, 1.82) is 0 Å². The fourth-order valence-corrected chi connectivity index (χ4v) is 2.28. The lowest BCUT2D eigenvalue weighted by molar-refractivity contribution is -0.123. The SMILES string of the molecule is C[C@@H](NC(=O)COc1cccc(F)c1)c1cc2ccccc2o1. The van der Waals surface area contributed by atoms with Crippen LogP contribution >= 0.6 is 0 Å². The van der Waals surface area contributed by atoms with Crippen LogP contribution < -0.4 is 10.1 Å². The number of hydrogen-bond acceptors (Lipinski definition) is 3. The van der Waals surface area contributed by atoms with Gasteiger partial charge in [-0.15, -0.1) is 0 Å². The van der Waals surface area contributed by atoms with E-state index in [0.717, 1.165) is 11.0 Å². The van der Waals surface area contributed by atoms with Crippen LogP contribution in [0.4, 0.5) is 4.39 Å². The molecular formula is C18H16FNO3. The molecule has 0 spiro atoms. The summed E-state index contributed by atoms with van der Waals surface area (Å²) in [6, 6.07) is 14.9. The average Bonchev–Trinajstić information content (AvgIpc) is 2.97. The Balaban J connectivity index is 1.58. The molecule has 1 N–H and O–H groups in total. The largest absolute Gasteiger partial charge is 0.484 e. The lowest BCUT2D eigenvalue weighted by atomic mass is 10.2. The predicted molar refractivity (Wildman–Crippen MR) is 84.7 cm³/mol. The number of rotatable bonds is 5. The fourth-order valence-electron chi connectivity index (χ4n) is 2.28. The Kier molecular flexibility index (Phi) is 4.28. The van der Waals surface area contributed by atoms with Crippen molar-refractivity contribution in [2.75, 3.05) is 6.61 Å². The van der Waals surface area contributed by atoms with Gasteiger partial charge in [0.2, 0.25) is 0 Å². The van der Waals surface area contributed by atoms with Crippen molar-refractivity contribution >= 4 is 16.9 Å². The Morgan fingerprint density at radius 2 is 2.04 bits per heavy atom. The summed E-state index contributed by atoms with van der Waals surface area (Å²) in [4.78, 5) is 11.9. The van der Waals surface area contributed by atoms with Gasteiger partial charge in [-0.2, -0.15) is 0 Å². The highest BCUT2D eigenvalue weighted by Gasteiger charge is 2.14. The quantitative estimate of drug-likeness (QED) is 0.779. The molecule has 0 unspecified atom stereocenters. The molecule has 3 rings (SSSR count). The number of benzene rings is 2. The van der Waals surface area contributed by atoms with E-state index < -0.39 is 5.82 Å². The van der Waals surface area contributed by atoms with Crippen molar-refractivity contribution in [3.8, 4) is 5.75 Å². The summed E-state index contributed by atoms with van der Waals surface area (Å²) in [5, 5.41) is 3.78. The van der Waals surface area contributed by atoms with Crippen molar-refractivity contribution in [3.63, 3.8) is 0 Å². The molecule has 0 saturated heterocycles. The summed E-state index contributed by atoms with van der Waals surface area (Å²) in [5.41, 5.74) is 0.777. The van der Waals surface area contributed by atoms with E-state index in [2.05, 4.69) is 5.32 Å². The first-order chi connectivity index (χ1) is 11.1. The minimum Gasteiger partial charge on any atom is -0.484 e. The molecule has 23 heavy (non-hydrogen) atoms. The maximum Gasteiger partial charge on any atom is 0.258 e. The van der Waals surface area contributed by atoms with Gasteiger partial charge < -0.3 is 14.5 Å². The number of amides is 1. The Labute approximate surface area is 132 Å². The van der Waals surface area contributed by atoms with Gasteiger partial charge in [0.05, 0.1) is 6.04 Å². The smallest absolute Gasteiger partial charge is 0.258 e. The standard InChI is InChI=1S/C18H16FNO3/c1-12(17-9-13-5-2-3-8-16(13)23-17)20-18(21)11-22-15-7-4-6-14(19)10-15/h2-10,12H,11H2,1H3,(H,20,21)/t12-/m1/s1. The van der Waals surface area contributed by atoms with E-state index in [4.69, 9.17) is 9.15 Å². The second kappa shape index (κ2) is 6.52. The van der Waals surface area contributed by atoms with Gasteiger partial charge >= 0.3 is 0 Å². The molecule has 0 saturated carbocycles. The van der Waals surface area contributed by atoms with Gasteiger partial charge in [0.25, 0.3) is 5.91 Å². The Hall–Kier alpha value is -2.82. The highest BCUT2D eigenvalue weighted by Crippen LogP contribution is 2.23. The van der Waals surface area contributed by atoms with Gasteiger partial charge in [-0.1, -0.05) is 24.3 Å². The van der Waals surface area contributed by atoms with Crippen LogP contribution in [0.15, 0.2) is 59.0 Å². The Morgan fingerprint density at radius 1 is 1.22 bits per heavy atom. The fraction of sp³-hybridized carbons (Fsp3) is 0.167. The van der Waals surface area contributed by atoms with Gasteiger partial charge in [0.1, 0.15) is 22.9 Å². The number of carbonyl (C=O) groups is 1. The lowest BCUT2D eigenvalue weighted by Gasteiger charge is -2.12. The molecule has 0 radical (unpaired) electrons. The first kappa shape index (κ1) is 15.1. The maximum atomic E-state index is 13.0. The number of ether oxygens (including phenoxy) is 1. The van der Waals surface area contributed by atoms with Crippen molar-refractivity contribution in [2.24, 2.45) is 0 Å². The molecule has 0 bridgehead atoms. The third kappa shape index (κ3) is 3.69. The summed E-state index contributed by atoms with van der Waals surface area (Å²) in [6.07, 6.45) is 0. The van der Waals surface area contributed by atoms with Crippen LogP contribution in [-0.2, 0) is 4.79 Å². The number of halogens is 1. The minimum atomic E-state index is -0.404. The monoisotopic (exact) mass is 313 g/mol. The first-order valence-corrected chi connectivity index (χ1v) is 7.28. The molecular weight excluding hydrogens is 297 g/mol. The summed E-state index contributed by atoms with van der Waals surface area (Å²) in [6.45, 7) is 1.64. The summed E-state index contributed by atoms with van der Waals surface area (Å²) in [7, 11) is 0. The molecule has 118 valence electrons. The van der Waals surface area contributed by atoms with Gasteiger partial charge in [-0.3, -0.25) is 4.79 Å². The maximum absolute atomic E-state index is 13.0. The first-order valence-electron chi connectivity index (χ1n) is 7.28. The van der Waals surface area contributed by atoms with E-state index in [9.17, 15) is 9.18 Å². The molecule has 4 nitrogen and oxygen atoms in total. The molecule has 2 aromatic carbocycles. The van der Waals surface area contributed by atoms with E-state index in [1.807, 2.05) is 37.3 Å². The van der Waals surface area contributed by atoms with Crippen LogP contribution in [0.3, 0.4) is 0 Å². The molecule has 0 fully saturated rings. The van der Waals surface area contributed by atoms with E-state index in [1.165, 1.54) is 18.2 Å². The molecule has 1 aromatic heterocycles. The highest BCUT2D eigenvalue weighted by molar-refractivity contribution is 5.79. The zero-order valence-corrected chi connectivity index (χ0v) is 12.6. The van der Waals surface area contributed by atoms with Gasteiger partial charge in [0.15, 0.2) is 6.61 Å². The van der Waals surface area contributed by atoms with Crippen molar-refractivity contribution in [2.45, 2.75) is 13.0 Å². The molecule has 3 aromatic rings. The Bertz CT molecular complexity index is 795. The molecule has 1 amide bonds. The second-order valence-corrected chi connectivity index (χ2v) is 5.22. The van der Waals surface area contributed by atoms with Crippen LogP contribution in [0.25, 0.3) is 11.0 Å². The number of para-hydroxylation sites is 1. The molecule has 0 aliphatic carbocycles. The van der Waals surface area contributed by atoms with E-state index in [-0.39, 0.29) is 18.6 Å². The number of carbonyl (C=O) groups excluding carboxylic acids is 1. The van der Waals surface area contributed by atoms with Crippen LogP contribution in [0.2, 0.25) is 0 Å². The predicted octanol–water partition coefficient (Wildman–Crippen LogP) is 3.83. The normalized spacial score (nSPS) is 12.1. The minimum absolute atomic E-state index is 0.186. The molecule has 1 atom stereocenters. The zero-order valence-electron chi connectivity index (χ0n) is 12.6. The summed E-state index contributed by atoms with van der Waals surface area (Å²) in [5.74, 6) is 0.280. The third-order valence-corrected chi connectivity index (χ3v) is 3.41. The third-order valence-electron chi connectivity index (χ3n) is 3.41. The summed E-state index contributed by atoms with van der Waals surface area (Å²) >= 11 is 0. The second-order valence-electron chi connectivity index (χ2n) is 5.22. The van der Waals surface area contributed by atoms with E-state index in [0.29, 0.717) is 11.5 Å². The number of hydrogen-bond donors (Lipinski definition) is 1. The topological polar surface area (TPSA) is 51.5 Å². The van der Waals surface area contributed by atoms with E-state index >= 15 is 0 Å².